The summed E-state index contributed by atoms with van der Waals surface area (Å²) in [5, 5.41) is 3.32. The molecule has 4 rings (SSSR count). The summed E-state index contributed by atoms with van der Waals surface area (Å²) in [5.41, 5.74) is 1.76. The summed E-state index contributed by atoms with van der Waals surface area (Å²) in [7, 11) is 0. The maximum Gasteiger partial charge on any atom is 0.471 e. The smallest absolute Gasteiger partial charge is 0.435 e. The van der Waals surface area contributed by atoms with Gasteiger partial charge in [0.15, 0.2) is 0 Å². The van der Waals surface area contributed by atoms with E-state index >= 15 is 0 Å². The highest BCUT2D eigenvalue weighted by atomic mass is 19.4. The quantitative estimate of drug-likeness (QED) is 0.563. The molecule has 0 aliphatic carbocycles. The minimum absolute atomic E-state index is 0.0217. The molecule has 0 atom stereocenters. The molecule has 0 bridgehead atoms. The SMILES string of the molecule is O=C1c2cc(-c3noc(C(F)(F)F)n3)ccc2CN1Cc1cccc(OC(F)F)c1. The average molecular weight is 425 g/mol. The zero-order chi connectivity index (χ0) is 21.5. The van der Waals surface area contributed by atoms with Crippen molar-refractivity contribution in [2.75, 3.05) is 0 Å². The lowest BCUT2D eigenvalue weighted by Crippen LogP contribution is -2.23. The second-order valence-corrected chi connectivity index (χ2v) is 6.48. The number of ether oxygens (including phenoxy) is 1. The zero-order valence-electron chi connectivity index (χ0n) is 15.0. The first kappa shape index (κ1) is 19.8. The standard InChI is InChI=1S/C19H12F5N3O3/c20-18(21)29-13-3-1-2-10(6-13)8-27-9-12-5-4-11(7-14(12)16(27)28)15-25-17(30-26-15)19(22,23)24/h1-7,18H,8-9H2. The van der Waals surface area contributed by atoms with Crippen molar-refractivity contribution in [2.24, 2.45) is 0 Å². The number of hydrogen-bond acceptors (Lipinski definition) is 5. The van der Waals surface area contributed by atoms with Crippen LogP contribution in [0.3, 0.4) is 0 Å². The number of hydrogen-bond donors (Lipinski definition) is 0. The second kappa shape index (κ2) is 7.39. The van der Waals surface area contributed by atoms with Gasteiger partial charge in [-0.2, -0.15) is 26.9 Å². The first-order chi connectivity index (χ1) is 14.2. The van der Waals surface area contributed by atoms with Gasteiger partial charge in [-0.25, -0.2) is 0 Å². The molecule has 156 valence electrons. The Bertz CT molecular complexity index is 1100. The Hall–Kier alpha value is -3.50. The van der Waals surface area contributed by atoms with Crippen molar-refractivity contribution >= 4 is 5.91 Å². The Morgan fingerprint density at radius 2 is 1.97 bits per heavy atom. The van der Waals surface area contributed by atoms with Gasteiger partial charge in [-0.3, -0.25) is 4.79 Å². The number of nitrogens with zero attached hydrogens (tertiary/aromatic N) is 3. The van der Waals surface area contributed by atoms with Gasteiger partial charge in [0.05, 0.1) is 0 Å². The van der Waals surface area contributed by atoms with Crippen LogP contribution in [-0.2, 0) is 19.3 Å². The highest BCUT2D eigenvalue weighted by Crippen LogP contribution is 2.32. The van der Waals surface area contributed by atoms with Gasteiger partial charge in [0.2, 0.25) is 5.82 Å². The summed E-state index contributed by atoms with van der Waals surface area (Å²) in [6, 6.07) is 10.5. The fourth-order valence-electron chi connectivity index (χ4n) is 3.12. The van der Waals surface area contributed by atoms with E-state index in [1.54, 1.807) is 12.1 Å². The minimum Gasteiger partial charge on any atom is -0.435 e. The van der Waals surface area contributed by atoms with Crippen LogP contribution in [0.1, 0.15) is 27.4 Å². The molecule has 11 heteroatoms. The summed E-state index contributed by atoms with van der Waals surface area (Å²) < 4.78 is 71.3. The van der Waals surface area contributed by atoms with E-state index in [0.717, 1.165) is 0 Å². The third kappa shape index (κ3) is 3.95. The molecule has 1 aromatic heterocycles. The predicted molar refractivity (Wildman–Crippen MR) is 91.4 cm³/mol. The van der Waals surface area contributed by atoms with Crippen LogP contribution in [0.5, 0.6) is 5.75 Å². The van der Waals surface area contributed by atoms with Crippen molar-refractivity contribution in [1.82, 2.24) is 15.0 Å². The number of halogens is 5. The Labute approximate surface area is 165 Å². The molecule has 2 aromatic carbocycles. The second-order valence-electron chi connectivity index (χ2n) is 6.48. The summed E-state index contributed by atoms with van der Waals surface area (Å²) >= 11 is 0. The van der Waals surface area contributed by atoms with Crippen LogP contribution in [0.15, 0.2) is 47.0 Å². The lowest BCUT2D eigenvalue weighted by atomic mass is 10.1. The first-order valence-electron chi connectivity index (χ1n) is 8.58. The molecule has 0 N–H and O–H groups in total. The van der Waals surface area contributed by atoms with E-state index in [0.29, 0.717) is 16.7 Å². The molecule has 1 aliphatic heterocycles. The van der Waals surface area contributed by atoms with Crippen molar-refractivity contribution in [2.45, 2.75) is 25.9 Å². The normalized spacial score (nSPS) is 13.8. The van der Waals surface area contributed by atoms with E-state index in [2.05, 4.69) is 19.4 Å². The van der Waals surface area contributed by atoms with Crippen molar-refractivity contribution < 1.29 is 36.0 Å². The molecule has 0 unspecified atom stereocenters. The predicted octanol–water partition coefficient (Wildman–Crippen LogP) is 4.51. The molecule has 2 heterocycles. The lowest BCUT2D eigenvalue weighted by molar-refractivity contribution is -0.159. The van der Waals surface area contributed by atoms with Crippen LogP contribution in [0.4, 0.5) is 22.0 Å². The van der Waals surface area contributed by atoms with Gasteiger partial charge in [0, 0.05) is 24.2 Å². The van der Waals surface area contributed by atoms with Crippen LogP contribution in [0, 0.1) is 0 Å². The van der Waals surface area contributed by atoms with E-state index in [9.17, 15) is 26.7 Å². The summed E-state index contributed by atoms with van der Waals surface area (Å²) in [4.78, 5) is 17.5. The topological polar surface area (TPSA) is 68.5 Å². The molecule has 0 fully saturated rings. The van der Waals surface area contributed by atoms with Gasteiger partial charge in [0.1, 0.15) is 5.75 Å². The Morgan fingerprint density at radius 3 is 2.67 bits per heavy atom. The molecule has 0 saturated heterocycles. The largest absolute Gasteiger partial charge is 0.471 e. The van der Waals surface area contributed by atoms with E-state index in [-0.39, 0.29) is 36.1 Å². The molecular weight excluding hydrogens is 413 g/mol. The number of benzene rings is 2. The molecule has 30 heavy (non-hydrogen) atoms. The van der Waals surface area contributed by atoms with E-state index in [1.807, 2.05) is 0 Å². The number of fused-ring (bicyclic) bond motifs is 1. The van der Waals surface area contributed by atoms with Crippen molar-refractivity contribution in [3.8, 4) is 17.1 Å². The molecule has 0 saturated carbocycles. The van der Waals surface area contributed by atoms with Gasteiger partial charge in [0.25, 0.3) is 5.91 Å². The third-order valence-corrected chi connectivity index (χ3v) is 4.41. The van der Waals surface area contributed by atoms with Gasteiger partial charge in [-0.15, -0.1) is 0 Å². The highest BCUT2D eigenvalue weighted by Gasteiger charge is 2.38. The number of carbonyl (C=O) groups excluding carboxylic acids is 1. The fourth-order valence-corrected chi connectivity index (χ4v) is 3.12. The van der Waals surface area contributed by atoms with Crippen LogP contribution >= 0.6 is 0 Å². The van der Waals surface area contributed by atoms with Crippen LogP contribution in [0.2, 0.25) is 0 Å². The molecule has 3 aromatic rings. The maximum absolute atomic E-state index is 12.7. The maximum atomic E-state index is 12.7. The van der Waals surface area contributed by atoms with Crippen molar-refractivity contribution in [3.05, 3.63) is 65.0 Å². The van der Waals surface area contributed by atoms with Crippen LogP contribution in [0.25, 0.3) is 11.4 Å². The number of alkyl halides is 5. The molecule has 1 amide bonds. The zero-order valence-corrected chi connectivity index (χ0v) is 15.0. The molecule has 1 aliphatic rings. The molecular formula is C19H12F5N3O3. The van der Waals surface area contributed by atoms with Gasteiger partial charge in [-0.1, -0.05) is 29.4 Å². The number of carbonyl (C=O) groups is 1. The van der Waals surface area contributed by atoms with Gasteiger partial charge < -0.3 is 14.2 Å². The Kier molecular flexibility index (Phi) is 4.88. The summed E-state index contributed by atoms with van der Waals surface area (Å²) in [5.74, 6) is -2.14. The fraction of sp³-hybridized carbons (Fsp3) is 0.211. The number of rotatable bonds is 5. The van der Waals surface area contributed by atoms with E-state index in [4.69, 9.17) is 0 Å². The monoisotopic (exact) mass is 425 g/mol. The lowest BCUT2D eigenvalue weighted by Gasteiger charge is -2.16. The van der Waals surface area contributed by atoms with Gasteiger partial charge >= 0.3 is 18.7 Å². The first-order valence-corrected chi connectivity index (χ1v) is 8.58. The van der Waals surface area contributed by atoms with E-state index < -0.39 is 18.7 Å². The van der Waals surface area contributed by atoms with Crippen molar-refractivity contribution in [1.29, 1.82) is 0 Å². The van der Waals surface area contributed by atoms with Crippen molar-refractivity contribution in [3.63, 3.8) is 0 Å². The number of amides is 1. The highest BCUT2D eigenvalue weighted by molar-refractivity contribution is 5.99. The minimum atomic E-state index is -4.77. The summed E-state index contributed by atoms with van der Waals surface area (Å²) in [6.07, 6.45) is -4.77. The number of aromatic nitrogens is 2. The molecule has 0 spiro atoms. The third-order valence-electron chi connectivity index (χ3n) is 4.41. The average Bonchev–Trinajstić information content (AvgIpc) is 3.27. The Balaban J connectivity index is 1.53. The molecule has 6 nitrogen and oxygen atoms in total. The molecule has 0 radical (unpaired) electrons. The summed E-state index contributed by atoms with van der Waals surface area (Å²) in [6.45, 7) is -2.56. The van der Waals surface area contributed by atoms with Crippen LogP contribution < -0.4 is 4.74 Å². The van der Waals surface area contributed by atoms with Crippen LogP contribution in [-0.4, -0.2) is 27.6 Å². The Morgan fingerprint density at radius 1 is 1.17 bits per heavy atom. The van der Waals surface area contributed by atoms with E-state index in [1.165, 1.54) is 35.2 Å². The van der Waals surface area contributed by atoms with Gasteiger partial charge in [-0.05, 0) is 29.3 Å².